The molecular weight excluding hydrogens is 1980 g/mol. The highest BCUT2D eigenvalue weighted by molar-refractivity contribution is 6.31. The molecule has 2 aliphatic heterocycles. The molecule has 0 radical (unpaired) electrons. The van der Waals surface area contributed by atoms with E-state index in [2.05, 4.69) is 31.9 Å². The molecular formula is C108H183ClN6O35. The Morgan fingerprint density at radius 2 is 0.847 bits per heavy atom. The van der Waals surface area contributed by atoms with Gasteiger partial charge in [0.2, 0.25) is 35.4 Å². The third-order valence-corrected chi connectivity index (χ3v) is 24.4. The van der Waals surface area contributed by atoms with Gasteiger partial charge < -0.3 is 155 Å². The van der Waals surface area contributed by atoms with E-state index in [0.717, 1.165) is 22.3 Å². The topological polar surface area (TPSA) is 469 Å². The van der Waals surface area contributed by atoms with E-state index in [9.17, 15) is 43.2 Å². The molecule has 0 aromatic heterocycles. The molecule has 150 heavy (non-hydrogen) atoms. The number of aryl methyl sites for hydroxylation is 2. The van der Waals surface area contributed by atoms with Crippen LogP contribution in [-0.2, 0) is 179 Å². The summed E-state index contributed by atoms with van der Waals surface area (Å²) < 4.78 is 145. The van der Waals surface area contributed by atoms with E-state index in [4.69, 9.17) is 135 Å². The van der Waals surface area contributed by atoms with Crippen molar-refractivity contribution in [3.63, 3.8) is 0 Å². The summed E-state index contributed by atoms with van der Waals surface area (Å²) in [6, 6.07) is 9.47. The van der Waals surface area contributed by atoms with E-state index >= 15 is 0 Å². The molecule has 9 atom stereocenters. The minimum atomic E-state index is -1.23. The number of unbranched alkanes of at least 4 members (excludes halogenated alkanes) is 1. The van der Waals surface area contributed by atoms with Gasteiger partial charge in [-0.3, -0.25) is 38.4 Å². The lowest BCUT2D eigenvalue weighted by atomic mass is 9.82. The first kappa shape index (κ1) is 135. The quantitative estimate of drug-likeness (QED) is 0.0211. The van der Waals surface area contributed by atoms with Crippen LogP contribution in [-0.4, -0.2) is 421 Å². The first-order valence-electron chi connectivity index (χ1n) is 53.5. The van der Waals surface area contributed by atoms with Gasteiger partial charge in [0.15, 0.2) is 5.78 Å². The Labute approximate surface area is 895 Å². The number of carbonyl (C=O) groups excluding carboxylic acids is 9. The fraction of sp³-hybridized carbons (Fsp3) is 0.787. The molecule has 6 N–H and O–H groups in total. The average molecular weight is 2160 g/mol. The number of amides is 6. The Bertz CT molecular complexity index is 3860. The van der Waals surface area contributed by atoms with Gasteiger partial charge in [-0.05, 0) is 106 Å². The summed E-state index contributed by atoms with van der Waals surface area (Å²) in [7, 11) is 3.16. The van der Waals surface area contributed by atoms with Crippen molar-refractivity contribution in [1.29, 1.82) is 0 Å². The Morgan fingerprint density at radius 3 is 1.23 bits per heavy atom. The predicted octanol–water partition coefficient (Wildman–Crippen LogP) is 7.61. The molecule has 2 aromatic carbocycles. The number of cyclic esters (lactones) is 1. The highest BCUT2D eigenvalue weighted by Gasteiger charge is 2.48. The van der Waals surface area contributed by atoms with Crippen LogP contribution in [0.3, 0.4) is 0 Å². The maximum absolute atomic E-state index is 14.4. The third kappa shape index (κ3) is 69.9. The van der Waals surface area contributed by atoms with Crippen LogP contribution in [0.15, 0.2) is 54.6 Å². The number of ketones is 2. The van der Waals surface area contributed by atoms with Gasteiger partial charge in [-0.15, -0.1) is 0 Å². The molecule has 0 saturated carbocycles. The lowest BCUT2D eigenvalue weighted by molar-refractivity contribution is -0.157. The van der Waals surface area contributed by atoms with Crippen molar-refractivity contribution in [2.45, 2.75) is 195 Å². The average Bonchev–Trinajstić information content (AvgIpc) is 1.62. The third-order valence-electron chi connectivity index (χ3n) is 24.0. The molecule has 862 valence electrons. The molecule has 4 rings (SSSR count). The van der Waals surface area contributed by atoms with Crippen LogP contribution in [0.5, 0.6) is 0 Å². The SMILES string of the molecule is CNC(=O)CCCC(=O)N[C@H](C(=O)C[C@@H](CCCCNC(=O)CCOCCOCCOCCOCCOCCOCCOCCOCCOCCOCCOCCOCCOCCOCCOCCOCCOCCOCCOCCOCCOCCOCCOCCOC)C(=O)CCc1ccc([C@H]2O[C@@H]2[C@@H](C)[C@@H]2C/C=C/C(=O)N[C@H](Cc3ccc(C)c(Cl)c3)C(=O)N[C@@H](C)C(C)(C)C(=O)N[C@@H](CC(C)(C)C)C(=O)O2)cc1)C(C)C. The molecule has 0 aliphatic carbocycles. The number of hydrogen-bond donors (Lipinski definition) is 6. The number of nitrogens with one attached hydrogen (secondary N) is 6. The maximum Gasteiger partial charge on any atom is 0.328 e. The Hall–Kier alpha value is -6.90. The summed E-state index contributed by atoms with van der Waals surface area (Å²) in [4.78, 5) is 123. The van der Waals surface area contributed by atoms with Crippen LogP contribution in [0.2, 0.25) is 5.02 Å². The molecule has 2 heterocycles. The summed E-state index contributed by atoms with van der Waals surface area (Å²) in [5.74, 6) is -4.66. The number of benzene rings is 2. The van der Waals surface area contributed by atoms with Crippen molar-refractivity contribution in [2.24, 2.45) is 28.6 Å². The Morgan fingerprint density at radius 1 is 0.460 bits per heavy atom. The van der Waals surface area contributed by atoms with Crippen LogP contribution < -0.4 is 31.9 Å². The molecule has 2 aliphatic rings. The smallest absolute Gasteiger partial charge is 0.328 e. The second-order valence-corrected chi connectivity index (χ2v) is 38.6. The van der Waals surface area contributed by atoms with Crippen LogP contribution in [0, 0.1) is 35.5 Å². The lowest BCUT2D eigenvalue weighted by Gasteiger charge is -2.35. The first-order chi connectivity index (χ1) is 72.6. The fourth-order valence-corrected chi connectivity index (χ4v) is 15.0. The van der Waals surface area contributed by atoms with Crippen molar-refractivity contribution in [2.75, 3.05) is 331 Å². The number of carbonyl (C=O) groups is 9. The standard InChI is InChI=1S/C108H183ClN6O35/c1-83(2)101(115-100(121)21-16-19-97(118)110-11)95(117)81-90(94(116)29-26-87-24-27-89(28-25-87)103-102(150-103)85(4)96-18-15-20-99(120)113-92(80-88-23-22-84(3)91(109)79-88)104(122)112-86(5)108(9,10)106(124)114-93(105(123)149-96)82-107(6,7)8)17-13-14-31-111-98(119)30-32-126-35-36-128-39-40-130-43-44-132-47-48-134-51-52-136-55-56-138-59-60-140-63-64-142-67-68-144-71-72-146-75-76-148-78-77-147-74-73-145-70-69-143-66-65-141-62-61-139-58-57-137-54-53-135-50-49-133-46-45-131-42-41-129-38-37-127-34-33-125-12/h15,20,22-25,27-28,79,83,85-86,90,92-93,96,101-103H,13-14,16-19,21,26,29-78,80-82H2,1-12H3,(H,110,118)(H,111,119)(H,112,122)(H,113,120)(H,114,124)(H,115,121)/b20-15+/t85-,86-,90+,92+,93-,96-,101-,102+,103+/m0/s1. The number of esters is 1. The van der Waals surface area contributed by atoms with Crippen LogP contribution in [0.25, 0.3) is 0 Å². The van der Waals surface area contributed by atoms with Gasteiger partial charge >= 0.3 is 5.97 Å². The molecule has 0 unspecified atom stereocenters. The van der Waals surface area contributed by atoms with Crippen molar-refractivity contribution in [3.05, 3.63) is 81.9 Å². The highest BCUT2D eigenvalue weighted by Crippen LogP contribution is 2.45. The second-order valence-electron chi connectivity index (χ2n) is 38.1. The molecule has 41 nitrogen and oxygen atoms in total. The summed E-state index contributed by atoms with van der Waals surface area (Å²) >= 11 is 6.48. The van der Waals surface area contributed by atoms with Crippen molar-refractivity contribution < 1.29 is 166 Å². The molecule has 0 spiro atoms. The molecule has 6 amide bonds. The number of methoxy groups -OCH3 is 1. The Kier molecular flexibility index (Phi) is 79.6. The normalized spacial score (nSPS) is 17.5. The van der Waals surface area contributed by atoms with Gasteiger partial charge in [-0.25, -0.2) is 4.79 Å². The van der Waals surface area contributed by atoms with E-state index in [1.165, 1.54) is 13.1 Å². The predicted molar refractivity (Wildman–Crippen MR) is 559 cm³/mol. The molecule has 1 fully saturated rings. The van der Waals surface area contributed by atoms with E-state index in [-0.39, 0.29) is 99.3 Å². The Balaban J connectivity index is 0.943. The number of hydrogen-bond acceptors (Lipinski definition) is 35. The van der Waals surface area contributed by atoms with Crippen LogP contribution in [0.1, 0.15) is 161 Å². The summed E-state index contributed by atoms with van der Waals surface area (Å²) in [6.07, 6.45) is 4.29. The zero-order valence-electron chi connectivity index (χ0n) is 91.8. The zero-order valence-corrected chi connectivity index (χ0v) is 92.5. The summed E-state index contributed by atoms with van der Waals surface area (Å²) in [6.45, 7) is 40.0. The van der Waals surface area contributed by atoms with Crippen molar-refractivity contribution in [1.82, 2.24) is 31.9 Å². The number of Topliss-reactive ketones (excluding diaryl/α,β-unsaturated/α-hetero) is 2. The number of halogens is 1. The number of epoxide rings is 1. The van der Waals surface area contributed by atoms with Crippen LogP contribution >= 0.6 is 11.6 Å². The van der Waals surface area contributed by atoms with E-state index in [1.807, 2.05) is 84.9 Å². The minimum absolute atomic E-state index is 0.0537. The van der Waals surface area contributed by atoms with Gasteiger partial charge in [-0.2, -0.15) is 0 Å². The fourth-order valence-electron chi connectivity index (χ4n) is 14.8. The number of ether oxygens (including phenoxy) is 26. The van der Waals surface area contributed by atoms with Gasteiger partial charge in [0, 0.05) is 88.5 Å². The minimum Gasteiger partial charge on any atom is -0.460 e. The maximum atomic E-state index is 14.4. The largest absolute Gasteiger partial charge is 0.460 e. The van der Waals surface area contributed by atoms with E-state index < -0.39 is 82.7 Å². The van der Waals surface area contributed by atoms with Gasteiger partial charge in [-0.1, -0.05) is 102 Å². The molecule has 0 bridgehead atoms. The zero-order chi connectivity index (χ0) is 109. The monoisotopic (exact) mass is 2160 g/mol. The highest BCUT2D eigenvalue weighted by atomic mass is 35.5. The number of rotatable bonds is 96. The van der Waals surface area contributed by atoms with E-state index in [1.54, 1.807) is 40.0 Å². The first-order valence-corrected chi connectivity index (χ1v) is 53.9. The lowest BCUT2D eigenvalue weighted by Crippen LogP contribution is -2.58. The molecule has 2 aromatic rings. The molecule has 42 heteroatoms. The van der Waals surface area contributed by atoms with Crippen molar-refractivity contribution >= 4 is 64.6 Å². The van der Waals surface area contributed by atoms with Crippen molar-refractivity contribution in [3.8, 4) is 0 Å². The molecule has 1 saturated heterocycles. The van der Waals surface area contributed by atoms with Crippen LogP contribution in [0.4, 0.5) is 0 Å². The van der Waals surface area contributed by atoms with Gasteiger partial charge in [0.25, 0.3) is 0 Å². The van der Waals surface area contributed by atoms with E-state index in [0.29, 0.717) is 348 Å². The second kappa shape index (κ2) is 88.2. The van der Waals surface area contributed by atoms with Gasteiger partial charge in [0.05, 0.1) is 328 Å². The summed E-state index contributed by atoms with van der Waals surface area (Å²) in [5.41, 5.74) is 1.64. The summed E-state index contributed by atoms with van der Waals surface area (Å²) in [5, 5.41) is 17.6. The van der Waals surface area contributed by atoms with Gasteiger partial charge in [0.1, 0.15) is 30.1 Å².